The number of amides is 1. The number of aromatic nitrogens is 1. The van der Waals surface area contributed by atoms with Gasteiger partial charge in [-0.25, -0.2) is 4.79 Å². The number of hydrogen-bond donors (Lipinski definition) is 2. The molecule has 0 spiro atoms. The highest BCUT2D eigenvalue weighted by atomic mass is 32.1. The van der Waals surface area contributed by atoms with Crippen LogP contribution in [0, 0.1) is 18.8 Å². The number of aryl methyl sites for hydroxylation is 1. The minimum absolute atomic E-state index is 0.252. The van der Waals surface area contributed by atoms with E-state index in [1.165, 1.54) is 11.5 Å². The lowest BCUT2D eigenvalue weighted by atomic mass is 10.0. The average Bonchev–Trinajstić information content (AvgIpc) is 3.75. The van der Waals surface area contributed by atoms with E-state index in [1.807, 2.05) is 38.1 Å². The third kappa shape index (κ3) is 4.38. The maximum Gasteiger partial charge on any atom is 0.412 e. The molecule has 2 N–H and O–H groups in total. The second kappa shape index (κ2) is 8.82. The molecule has 6 rings (SSSR count). The Morgan fingerprint density at radius 2 is 2.00 bits per heavy atom. The van der Waals surface area contributed by atoms with Crippen molar-refractivity contribution in [2.24, 2.45) is 0 Å². The molecule has 188 valence electrons. The number of furan rings is 2. The Morgan fingerprint density at radius 3 is 2.68 bits per heavy atom. The van der Waals surface area contributed by atoms with Crippen LogP contribution in [0.3, 0.4) is 0 Å². The van der Waals surface area contributed by atoms with E-state index in [0.29, 0.717) is 46.2 Å². The van der Waals surface area contributed by atoms with Crippen molar-refractivity contribution in [3.05, 3.63) is 69.6 Å². The molecule has 0 bridgehead atoms. The van der Waals surface area contributed by atoms with Crippen LogP contribution in [-0.4, -0.2) is 21.5 Å². The van der Waals surface area contributed by atoms with Crippen LogP contribution in [0.2, 0.25) is 0 Å². The van der Waals surface area contributed by atoms with Gasteiger partial charge >= 0.3 is 12.1 Å². The Bertz CT molecular complexity index is 1560. The van der Waals surface area contributed by atoms with Crippen molar-refractivity contribution >= 4 is 40.4 Å². The normalized spacial score (nSPS) is 16.6. The van der Waals surface area contributed by atoms with Crippen molar-refractivity contribution in [3.63, 3.8) is 0 Å². The molecule has 0 saturated heterocycles. The summed E-state index contributed by atoms with van der Waals surface area (Å²) < 4.78 is 21.6. The monoisotopic (exact) mass is 516 g/mol. The van der Waals surface area contributed by atoms with Crippen LogP contribution in [0.25, 0.3) is 11.2 Å². The van der Waals surface area contributed by atoms with Gasteiger partial charge in [-0.3, -0.25) is 10.1 Å². The molecule has 0 aliphatic heterocycles. The van der Waals surface area contributed by atoms with Gasteiger partial charge in [-0.2, -0.15) is 4.37 Å². The number of aliphatic carboxylic acids is 1. The van der Waals surface area contributed by atoms with Crippen molar-refractivity contribution in [1.82, 2.24) is 4.37 Å². The van der Waals surface area contributed by atoms with Crippen LogP contribution >= 0.6 is 11.5 Å². The predicted molar refractivity (Wildman–Crippen MR) is 137 cm³/mol. The van der Waals surface area contributed by atoms with Crippen LogP contribution in [0.1, 0.15) is 77.8 Å². The van der Waals surface area contributed by atoms with Gasteiger partial charge in [0.05, 0.1) is 16.8 Å². The minimum Gasteiger partial charge on any atom is -0.480 e. The maximum atomic E-state index is 12.8. The molecule has 1 unspecified atom stereocenters. The second-order valence-electron chi connectivity index (χ2n) is 9.68. The van der Waals surface area contributed by atoms with E-state index in [9.17, 15) is 14.7 Å². The third-order valence-electron chi connectivity index (χ3n) is 6.96. The van der Waals surface area contributed by atoms with Crippen molar-refractivity contribution in [2.75, 3.05) is 5.32 Å². The Kier molecular flexibility index (Phi) is 5.57. The molecule has 3 heterocycles. The van der Waals surface area contributed by atoms with E-state index in [2.05, 4.69) is 21.5 Å². The summed E-state index contributed by atoms with van der Waals surface area (Å²) >= 11 is 1.23. The Balaban J connectivity index is 1.21. The molecule has 2 aliphatic rings. The number of carboxylic acids is 1. The molecule has 0 radical (unpaired) electrons. The van der Waals surface area contributed by atoms with E-state index in [0.717, 1.165) is 29.7 Å². The van der Waals surface area contributed by atoms with Crippen LogP contribution in [0.4, 0.5) is 10.5 Å². The molecule has 3 aromatic heterocycles. The highest BCUT2D eigenvalue weighted by molar-refractivity contribution is 7.07. The summed E-state index contributed by atoms with van der Waals surface area (Å²) in [5, 5.41) is 13.0. The number of carboxylic acid groups (broad SMARTS) is 1. The molecule has 37 heavy (non-hydrogen) atoms. The van der Waals surface area contributed by atoms with E-state index >= 15 is 0 Å². The maximum absolute atomic E-state index is 12.8. The zero-order valence-corrected chi connectivity index (χ0v) is 21.1. The Hall–Kier alpha value is -4.03. The number of ether oxygens (including phenoxy) is 1. The molecule has 2 aliphatic carbocycles. The van der Waals surface area contributed by atoms with Gasteiger partial charge in [-0.15, -0.1) is 0 Å². The molecule has 4 aromatic rings. The summed E-state index contributed by atoms with van der Waals surface area (Å²) in [6.07, 6.45) is 2.19. The number of carbonyl (C=O) groups is 2. The number of anilines is 1. The van der Waals surface area contributed by atoms with Gasteiger partial charge in [0.2, 0.25) is 0 Å². The summed E-state index contributed by atoms with van der Waals surface area (Å²) in [6.45, 7) is 3.83. The van der Waals surface area contributed by atoms with Crippen molar-refractivity contribution in [2.45, 2.75) is 57.0 Å². The molecular formula is C28H24N2O6S. The number of benzene rings is 1. The number of hydrogen-bond acceptors (Lipinski definition) is 7. The van der Waals surface area contributed by atoms with Gasteiger partial charge in [-0.05, 0) is 80.1 Å². The largest absolute Gasteiger partial charge is 0.480 e. The fourth-order valence-corrected chi connectivity index (χ4v) is 5.26. The van der Waals surface area contributed by atoms with Crippen LogP contribution < -0.4 is 5.32 Å². The van der Waals surface area contributed by atoms with Gasteiger partial charge < -0.3 is 18.7 Å². The highest BCUT2D eigenvalue weighted by Crippen LogP contribution is 2.50. The van der Waals surface area contributed by atoms with Gasteiger partial charge in [0.25, 0.3) is 5.78 Å². The zero-order chi connectivity index (χ0) is 25.7. The van der Waals surface area contributed by atoms with E-state index < -0.39 is 23.6 Å². The molecule has 2 fully saturated rings. The minimum atomic E-state index is -0.929. The van der Waals surface area contributed by atoms with Gasteiger partial charge in [0, 0.05) is 12.0 Å². The Morgan fingerprint density at radius 1 is 1.22 bits per heavy atom. The van der Waals surface area contributed by atoms with E-state index in [-0.39, 0.29) is 5.78 Å². The first-order valence-electron chi connectivity index (χ1n) is 12.2. The van der Waals surface area contributed by atoms with Crippen molar-refractivity contribution in [1.29, 1.82) is 0 Å². The lowest BCUT2D eigenvalue weighted by Gasteiger charge is -2.16. The number of rotatable bonds is 6. The van der Waals surface area contributed by atoms with Crippen molar-refractivity contribution in [3.8, 4) is 11.8 Å². The van der Waals surface area contributed by atoms with E-state index in [4.69, 9.17) is 13.6 Å². The summed E-state index contributed by atoms with van der Waals surface area (Å²) in [5.41, 5.74) is 2.48. The second-order valence-corrected chi connectivity index (χ2v) is 10.5. The number of fused-ring (bicyclic) bond motifs is 1. The standard InChI is InChI=1S/C28H24N2O6S/c1-15-5-3-4-6-20(15)16(2)34-27(33)29-24-21(37-30-23(24)17-7-8-17)10-9-19-13-18-14-22(36-25(18)35-19)28(11-12-28)26(31)32/h3-6,13-14,16-17H,7-8,11-12H2,1-2H3,(H,29,33)(H,31,32). The molecule has 1 aromatic carbocycles. The first-order valence-corrected chi connectivity index (χ1v) is 12.9. The first kappa shape index (κ1) is 23.4. The lowest BCUT2D eigenvalue weighted by molar-refractivity contribution is -0.140. The fraction of sp³-hybridized carbons (Fsp3) is 0.321. The number of nitrogens with one attached hydrogen (secondary N) is 1. The summed E-state index contributed by atoms with van der Waals surface area (Å²) in [6, 6.07) is 11.2. The quantitative estimate of drug-likeness (QED) is 0.281. The lowest BCUT2D eigenvalue weighted by Crippen LogP contribution is -2.18. The topological polar surface area (TPSA) is 115 Å². The highest BCUT2D eigenvalue weighted by Gasteiger charge is 2.54. The van der Waals surface area contributed by atoms with Gasteiger partial charge in [-0.1, -0.05) is 24.3 Å². The summed E-state index contributed by atoms with van der Waals surface area (Å²) in [7, 11) is 0. The first-order chi connectivity index (χ1) is 17.8. The fourth-order valence-electron chi connectivity index (χ4n) is 4.49. The Labute approximate surface area is 216 Å². The molecular weight excluding hydrogens is 492 g/mol. The SMILES string of the molecule is Cc1ccccc1C(C)OC(=O)Nc1c(C2CC2)nsc1C#Cc1cc2cc(C3(C(=O)O)CC3)oc2o1. The zero-order valence-electron chi connectivity index (χ0n) is 20.3. The molecule has 8 nitrogen and oxygen atoms in total. The smallest absolute Gasteiger partial charge is 0.412 e. The predicted octanol–water partition coefficient (Wildman–Crippen LogP) is 6.49. The molecule has 2 saturated carbocycles. The van der Waals surface area contributed by atoms with E-state index in [1.54, 1.807) is 12.1 Å². The molecule has 1 amide bonds. The van der Waals surface area contributed by atoms with Gasteiger partial charge in [0.15, 0.2) is 5.76 Å². The van der Waals surface area contributed by atoms with Crippen LogP contribution in [0.5, 0.6) is 0 Å². The van der Waals surface area contributed by atoms with Crippen LogP contribution in [-0.2, 0) is 14.9 Å². The number of nitrogens with zero attached hydrogens (tertiary/aromatic N) is 1. The average molecular weight is 517 g/mol. The number of carbonyl (C=O) groups excluding carboxylic acids is 1. The van der Waals surface area contributed by atoms with Crippen molar-refractivity contribution < 1.29 is 28.3 Å². The van der Waals surface area contributed by atoms with Gasteiger partial charge in [0.1, 0.15) is 22.2 Å². The summed E-state index contributed by atoms with van der Waals surface area (Å²) in [4.78, 5) is 25.0. The van der Waals surface area contributed by atoms with Crippen LogP contribution in [0.15, 0.2) is 45.2 Å². The molecule has 1 atom stereocenters. The third-order valence-corrected chi connectivity index (χ3v) is 7.74. The molecule has 9 heteroatoms. The summed E-state index contributed by atoms with van der Waals surface area (Å²) in [5.74, 6) is 6.51.